The molecule has 1 aromatic heterocycles. The quantitative estimate of drug-likeness (QED) is 0.771. The third kappa shape index (κ3) is 3.96. The molecule has 1 N–H and O–H groups in total. The Morgan fingerprint density at radius 3 is 2.62 bits per heavy atom. The van der Waals surface area contributed by atoms with Gasteiger partial charge in [-0.1, -0.05) is 29.3 Å². The standard InChI is InChI=1S/C18H15Cl2F3N2O/c19-14-7-10(18(21,22)23)8-15(20)13(14)9-25-17(26)12-3-1-5-16-11(12)4-2-6-24-16/h2,4,6-8,12H,1,3,5,9H2,(H,25,26)/t12-/m0/s1. The summed E-state index contributed by atoms with van der Waals surface area (Å²) in [6.45, 7) is -0.0409. The van der Waals surface area contributed by atoms with Gasteiger partial charge in [0, 0.05) is 34.0 Å². The minimum atomic E-state index is -4.53. The minimum absolute atomic E-state index is 0.0409. The predicted octanol–water partition coefficient (Wildman–Crippen LogP) is 5.14. The van der Waals surface area contributed by atoms with E-state index < -0.39 is 11.7 Å². The average Bonchev–Trinajstić information content (AvgIpc) is 2.59. The van der Waals surface area contributed by atoms with Crippen LogP contribution < -0.4 is 5.32 Å². The monoisotopic (exact) mass is 402 g/mol. The van der Waals surface area contributed by atoms with Crippen LogP contribution in [0.15, 0.2) is 30.5 Å². The lowest BCUT2D eigenvalue weighted by Gasteiger charge is -2.24. The van der Waals surface area contributed by atoms with Gasteiger partial charge in [0.2, 0.25) is 5.91 Å². The van der Waals surface area contributed by atoms with E-state index in [1.54, 1.807) is 12.3 Å². The summed E-state index contributed by atoms with van der Waals surface area (Å²) in [5.74, 6) is -0.551. The number of amides is 1. The van der Waals surface area contributed by atoms with Gasteiger partial charge in [-0.25, -0.2) is 0 Å². The number of aromatic nitrogens is 1. The number of fused-ring (bicyclic) bond motifs is 1. The largest absolute Gasteiger partial charge is 0.416 e. The molecule has 0 aliphatic heterocycles. The molecule has 0 fully saturated rings. The SMILES string of the molecule is O=C(NCc1c(Cl)cc(C(F)(F)F)cc1Cl)[C@H]1CCCc2ncccc21. The maximum Gasteiger partial charge on any atom is 0.416 e. The first-order chi connectivity index (χ1) is 12.3. The second-order valence-corrected chi connectivity index (χ2v) is 6.93. The number of pyridine rings is 1. The fraction of sp³-hybridized carbons (Fsp3) is 0.333. The molecular formula is C18H15Cl2F3N2O. The molecule has 1 aliphatic carbocycles. The van der Waals surface area contributed by atoms with Crippen LogP contribution in [0.2, 0.25) is 10.0 Å². The third-order valence-corrected chi connectivity index (χ3v) is 5.11. The third-order valence-electron chi connectivity index (χ3n) is 4.43. The first kappa shape index (κ1) is 19.0. The van der Waals surface area contributed by atoms with Gasteiger partial charge >= 0.3 is 6.18 Å². The van der Waals surface area contributed by atoms with Crippen molar-refractivity contribution in [1.82, 2.24) is 10.3 Å². The summed E-state index contributed by atoms with van der Waals surface area (Å²) < 4.78 is 38.4. The number of aryl methyl sites for hydroxylation is 1. The molecule has 0 saturated heterocycles. The zero-order valence-electron chi connectivity index (χ0n) is 13.5. The number of halogens is 5. The van der Waals surface area contributed by atoms with Crippen molar-refractivity contribution in [3.8, 4) is 0 Å². The molecule has 1 atom stereocenters. The van der Waals surface area contributed by atoms with Gasteiger partial charge in [0.1, 0.15) is 0 Å². The number of nitrogens with zero attached hydrogens (tertiary/aromatic N) is 1. The maximum absolute atomic E-state index is 12.8. The number of rotatable bonds is 3. The van der Waals surface area contributed by atoms with E-state index in [0.717, 1.165) is 36.2 Å². The molecule has 0 spiro atoms. The molecule has 0 bridgehead atoms. The number of hydrogen-bond donors (Lipinski definition) is 1. The van der Waals surface area contributed by atoms with Crippen molar-refractivity contribution < 1.29 is 18.0 Å². The van der Waals surface area contributed by atoms with E-state index >= 15 is 0 Å². The zero-order valence-corrected chi connectivity index (χ0v) is 15.0. The van der Waals surface area contributed by atoms with Crippen LogP contribution in [0.4, 0.5) is 13.2 Å². The van der Waals surface area contributed by atoms with Crippen molar-refractivity contribution in [3.63, 3.8) is 0 Å². The Morgan fingerprint density at radius 1 is 1.27 bits per heavy atom. The van der Waals surface area contributed by atoms with E-state index in [0.29, 0.717) is 6.42 Å². The molecule has 1 aromatic carbocycles. The summed E-state index contributed by atoms with van der Waals surface area (Å²) in [7, 11) is 0. The summed E-state index contributed by atoms with van der Waals surface area (Å²) in [4.78, 5) is 16.9. The summed E-state index contributed by atoms with van der Waals surface area (Å²) in [6.07, 6.45) is -0.464. The van der Waals surface area contributed by atoms with Crippen molar-refractivity contribution in [1.29, 1.82) is 0 Å². The molecule has 8 heteroatoms. The van der Waals surface area contributed by atoms with Crippen molar-refractivity contribution in [2.24, 2.45) is 0 Å². The number of carbonyl (C=O) groups excluding carboxylic acids is 1. The van der Waals surface area contributed by atoms with Crippen LogP contribution in [0.5, 0.6) is 0 Å². The predicted molar refractivity (Wildman–Crippen MR) is 93.2 cm³/mol. The van der Waals surface area contributed by atoms with Gasteiger partial charge in [0.05, 0.1) is 11.5 Å². The summed E-state index contributed by atoms with van der Waals surface area (Å²) in [5, 5.41) is 2.47. The fourth-order valence-corrected chi connectivity index (χ4v) is 3.73. The van der Waals surface area contributed by atoms with Crippen LogP contribution >= 0.6 is 23.2 Å². The van der Waals surface area contributed by atoms with E-state index in [4.69, 9.17) is 23.2 Å². The van der Waals surface area contributed by atoms with E-state index in [2.05, 4.69) is 10.3 Å². The van der Waals surface area contributed by atoms with Crippen molar-refractivity contribution >= 4 is 29.1 Å². The number of alkyl halides is 3. The van der Waals surface area contributed by atoms with Crippen LogP contribution in [-0.2, 0) is 23.9 Å². The number of hydrogen-bond acceptors (Lipinski definition) is 2. The minimum Gasteiger partial charge on any atom is -0.351 e. The zero-order chi connectivity index (χ0) is 18.9. The van der Waals surface area contributed by atoms with E-state index in [1.807, 2.05) is 6.07 Å². The highest BCUT2D eigenvalue weighted by atomic mass is 35.5. The molecule has 1 heterocycles. The lowest BCUT2D eigenvalue weighted by Crippen LogP contribution is -2.31. The smallest absolute Gasteiger partial charge is 0.351 e. The molecule has 3 rings (SSSR count). The normalized spacial score (nSPS) is 16.9. The Kier molecular flexibility index (Phi) is 5.44. The summed E-state index contributed by atoms with van der Waals surface area (Å²) >= 11 is 11.9. The molecular weight excluding hydrogens is 388 g/mol. The molecule has 138 valence electrons. The molecule has 3 nitrogen and oxygen atoms in total. The topological polar surface area (TPSA) is 42.0 Å². The first-order valence-corrected chi connectivity index (χ1v) is 8.79. The van der Waals surface area contributed by atoms with Crippen molar-refractivity contribution in [3.05, 3.63) is 62.9 Å². The molecule has 0 radical (unpaired) electrons. The Morgan fingerprint density at radius 2 is 1.96 bits per heavy atom. The summed E-state index contributed by atoms with van der Waals surface area (Å²) in [6, 6.07) is 5.29. The highest BCUT2D eigenvalue weighted by Crippen LogP contribution is 2.36. The average molecular weight is 403 g/mol. The first-order valence-electron chi connectivity index (χ1n) is 8.04. The second kappa shape index (κ2) is 7.45. The molecule has 1 amide bonds. The van der Waals surface area contributed by atoms with Crippen LogP contribution in [-0.4, -0.2) is 10.9 Å². The Labute approximate surface area is 158 Å². The van der Waals surface area contributed by atoms with Crippen LogP contribution in [0.1, 0.15) is 41.1 Å². The van der Waals surface area contributed by atoms with Gasteiger partial charge in [-0.2, -0.15) is 13.2 Å². The van der Waals surface area contributed by atoms with Gasteiger partial charge in [0.25, 0.3) is 0 Å². The molecule has 0 unspecified atom stereocenters. The molecule has 1 aliphatic rings. The van der Waals surface area contributed by atoms with E-state index in [1.165, 1.54) is 0 Å². The van der Waals surface area contributed by atoms with Crippen LogP contribution in [0, 0.1) is 0 Å². The van der Waals surface area contributed by atoms with Gasteiger partial charge in [0.15, 0.2) is 0 Å². The maximum atomic E-state index is 12.8. The highest BCUT2D eigenvalue weighted by molar-refractivity contribution is 6.36. The van der Waals surface area contributed by atoms with E-state index in [9.17, 15) is 18.0 Å². The number of benzene rings is 1. The van der Waals surface area contributed by atoms with Crippen molar-refractivity contribution in [2.45, 2.75) is 37.9 Å². The second-order valence-electron chi connectivity index (χ2n) is 6.12. The van der Waals surface area contributed by atoms with E-state index in [-0.39, 0.29) is 34.0 Å². The van der Waals surface area contributed by atoms with Crippen LogP contribution in [0.3, 0.4) is 0 Å². The van der Waals surface area contributed by atoms with Crippen molar-refractivity contribution in [2.75, 3.05) is 0 Å². The van der Waals surface area contributed by atoms with Gasteiger partial charge in [-0.05, 0) is 43.0 Å². The fourth-order valence-electron chi connectivity index (χ4n) is 3.11. The molecule has 2 aromatic rings. The lowest BCUT2D eigenvalue weighted by atomic mass is 9.85. The van der Waals surface area contributed by atoms with Crippen LogP contribution in [0.25, 0.3) is 0 Å². The Bertz CT molecular complexity index is 816. The van der Waals surface area contributed by atoms with Gasteiger partial charge in [-0.3, -0.25) is 9.78 Å². The number of nitrogens with one attached hydrogen (secondary N) is 1. The summed E-state index contributed by atoms with van der Waals surface area (Å²) in [5.41, 5.74) is 1.14. The Hall–Kier alpha value is -1.79. The lowest BCUT2D eigenvalue weighted by molar-refractivity contribution is -0.137. The Balaban J connectivity index is 1.75. The van der Waals surface area contributed by atoms with Gasteiger partial charge in [-0.15, -0.1) is 0 Å². The van der Waals surface area contributed by atoms with Gasteiger partial charge < -0.3 is 5.32 Å². The number of carbonyl (C=O) groups is 1. The molecule has 0 saturated carbocycles. The highest BCUT2D eigenvalue weighted by Gasteiger charge is 2.32. The molecule has 26 heavy (non-hydrogen) atoms.